The van der Waals surface area contributed by atoms with E-state index < -0.39 is 6.23 Å². The number of carbonyl (C=O) groups is 2. The maximum absolute atomic E-state index is 14.0. The van der Waals surface area contributed by atoms with Crippen molar-refractivity contribution in [2.75, 3.05) is 17.3 Å². The van der Waals surface area contributed by atoms with Crippen molar-refractivity contribution in [2.24, 2.45) is 11.8 Å². The van der Waals surface area contributed by atoms with Crippen LogP contribution in [0.4, 0.5) is 11.4 Å². The molecule has 0 bridgehead atoms. The molecule has 0 spiro atoms. The normalized spacial score (nSPS) is 19.9. The van der Waals surface area contributed by atoms with Crippen molar-refractivity contribution in [1.82, 2.24) is 0 Å². The lowest BCUT2D eigenvalue weighted by molar-refractivity contribution is -0.126. The third-order valence-electron chi connectivity index (χ3n) is 8.91. The smallest absolute Gasteiger partial charge is 0.232 e. The molecule has 5 heteroatoms. The maximum Gasteiger partial charge on any atom is 0.232 e. The summed E-state index contributed by atoms with van der Waals surface area (Å²) in [5.74, 6) is 0.511. The van der Waals surface area contributed by atoms with Crippen LogP contribution in [0.5, 0.6) is 0 Å². The molecule has 3 unspecified atom stereocenters. The van der Waals surface area contributed by atoms with Crippen LogP contribution in [0.1, 0.15) is 88.0 Å². The molecule has 3 aromatic rings. The first kappa shape index (κ1) is 28.1. The number of aliphatic hydroxyl groups excluding tert-OH is 1. The lowest BCUT2D eigenvalue weighted by Gasteiger charge is -2.37. The summed E-state index contributed by atoms with van der Waals surface area (Å²) in [4.78, 5) is 28.3. The van der Waals surface area contributed by atoms with Gasteiger partial charge in [-0.05, 0) is 79.0 Å². The lowest BCUT2D eigenvalue weighted by atomic mass is 9.67. The molecule has 2 aliphatic rings. The summed E-state index contributed by atoms with van der Waals surface area (Å²) in [5.41, 5.74) is 5.69. The summed E-state index contributed by atoms with van der Waals surface area (Å²) in [6, 6.07) is 24.1. The van der Waals surface area contributed by atoms with Gasteiger partial charge in [0.2, 0.25) is 5.91 Å². The van der Waals surface area contributed by atoms with Crippen molar-refractivity contribution >= 4 is 23.1 Å². The van der Waals surface area contributed by atoms with Gasteiger partial charge < -0.3 is 10.4 Å². The average Bonchev–Trinajstić information content (AvgIpc) is 2.97. The number of Topliss-reactive ketones (excluding diaryl/α,β-unsaturated/α-hetero) is 1. The standard InChI is InChI=1S/C35H42N2O3/c1-3-8-33(38)32-22-21-31(32)28-11-7-12-30(23-28)37(34(39)26-9-5-4-6-10-26)35(40)27-15-13-24(14-16-27)25-17-19-29(36-2)20-18-25/h7,11-20,23,26,31-32,35-36,40H,3-6,8-10,21-22H2,1-2H3. The number of nitrogens with zero attached hydrogens (tertiary/aromatic N) is 1. The average molecular weight is 539 g/mol. The monoisotopic (exact) mass is 538 g/mol. The third-order valence-corrected chi connectivity index (χ3v) is 8.91. The molecule has 3 aromatic carbocycles. The highest BCUT2D eigenvalue weighted by Crippen LogP contribution is 2.45. The Hall–Kier alpha value is -3.44. The molecule has 2 N–H and O–H groups in total. The van der Waals surface area contributed by atoms with Gasteiger partial charge in [0.25, 0.3) is 0 Å². The quantitative estimate of drug-likeness (QED) is 0.258. The fourth-order valence-electron chi connectivity index (χ4n) is 6.38. The molecule has 0 aliphatic heterocycles. The summed E-state index contributed by atoms with van der Waals surface area (Å²) in [7, 11) is 1.90. The van der Waals surface area contributed by atoms with Crippen molar-refractivity contribution in [3.63, 3.8) is 0 Å². The van der Waals surface area contributed by atoms with E-state index in [1.807, 2.05) is 68.6 Å². The number of carbonyl (C=O) groups excluding carboxylic acids is 2. The second-order valence-corrected chi connectivity index (χ2v) is 11.5. The molecule has 2 fully saturated rings. The van der Waals surface area contributed by atoms with Gasteiger partial charge in [-0.15, -0.1) is 0 Å². The number of hydrogen-bond donors (Lipinski definition) is 2. The van der Waals surface area contributed by atoms with Gasteiger partial charge in [0.05, 0.1) is 0 Å². The molecule has 5 rings (SSSR count). The number of rotatable bonds is 10. The van der Waals surface area contributed by atoms with Gasteiger partial charge in [0.15, 0.2) is 6.23 Å². The zero-order chi connectivity index (χ0) is 28.1. The molecule has 0 radical (unpaired) electrons. The number of anilines is 2. The first-order valence-corrected chi connectivity index (χ1v) is 15.0. The van der Waals surface area contributed by atoms with Gasteiger partial charge in [-0.3, -0.25) is 14.5 Å². The summed E-state index contributed by atoms with van der Waals surface area (Å²) in [6.07, 6.45) is 7.30. The predicted molar refractivity (Wildman–Crippen MR) is 162 cm³/mol. The first-order valence-electron chi connectivity index (χ1n) is 15.0. The molecular weight excluding hydrogens is 496 g/mol. The van der Waals surface area contributed by atoms with E-state index in [9.17, 15) is 14.7 Å². The Balaban J connectivity index is 1.43. The highest BCUT2D eigenvalue weighted by molar-refractivity contribution is 5.95. The number of amides is 1. The van der Waals surface area contributed by atoms with Crippen molar-refractivity contribution < 1.29 is 14.7 Å². The molecule has 5 nitrogen and oxygen atoms in total. The second kappa shape index (κ2) is 12.8. The number of hydrogen-bond acceptors (Lipinski definition) is 4. The van der Waals surface area contributed by atoms with Crippen LogP contribution in [-0.4, -0.2) is 23.8 Å². The number of aliphatic hydroxyl groups is 1. The highest BCUT2D eigenvalue weighted by Gasteiger charge is 2.38. The molecule has 2 aliphatic carbocycles. The molecule has 40 heavy (non-hydrogen) atoms. The molecule has 210 valence electrons. The van der Waals surface area contributed by atoms with E-state index in [2.05, 4.69) is 23.5 Å². The van der Waals surface area contributed by atoms with E-state index in [4.69, 9.17) is 0 Å². The van der Waals surface area contributed by atoms with E-state index >= 15 is 0 Å². The Kier molecular flexibility index (Phi) is 9.01. The van der Waals surface area contributed by atoms with Gasteiger partial charge >= 0.3 is 0 Å². The number of benzene rings is 3. The SMILES string of the molecule is CCCC(=O)C1CCC1c1cccc(N(C(=O)C2CCCCC2)C(O)c2ccc(-c3ccc(NC)cc3)cc2)c1. The van der Waals surface area contributed by atoms with Gasteiger partial charge in [0.1, 0.15) is 5.78 Å². The minimum atomic E-state index is -1.09. The van der Waals surface area contributed by atoms with Gasteiger partial charge in [0, 0.05) is 42.2 Å². The molecular formula is C35H42N2O3. The van der Waals surface area contributed by atoms with Crippen LogP contribution >= 0.6 is 0 Å². The first-order chi connectivity index (χ1) is 19.5. The fourth-order valence-corrected chi connectivity index (χ4v) is 6.38. The molecule has 2 saturated carbocycles. The summed E-state index contributed by atoms with van der Waals surface area (Å²) in [5, 5.41) is 14.9. The van der Waals surface area contributed by atoms with Crippen molar-refractivity contribution in [3.8, 4) is 11.1 Å². The second-order valence-electron chi connectivity index (χ2n) is 11.5. The Labute approximate surface area is 238 Å². The summed E-state index contributed by atoms with van der Waals surface area (Å²) < 4.78 is 0. The minimum absolute atomic E-state index is 0.0108. The van der Waals surface area contributed by atoms with Gasteiger partial charge in [-0.1, -0.05) is 74.7 Å². The lowest BCUT2D eigenvalue weighted by Crippen LogP contribution is -2.40. The van der Waals surface area contributed by atoms with Crippen LogP contribution in [0.2, 0.25) is 0 Å². The van der Waals surface area contributed by atoms with E-state index in [-0.39, 0.29) is 23.7 Å². The molecule has 0 aromatic heterocycles. The minimum Gasteiger partial charge on any atom is -0.388 e. The third kappa shape index (κ3) is 6.00. The predicted octanol–water partition coefficient (Wildman–Crippen LogP) is 7.86. The van der Waals surface area contributed by atoms with Crippen molar-refractivity contribution in [1.29, 1.82) is 0 Å². The number of nitrogens with one attached hydrogen (secondary N) is 1. The molecule has 3 atom stereocenters. The molecule has 0 heterocycles. The van der Waals surface area contributed by atoms with Crippen molar-refractivity contribution in [2.45, 2.75) is 76.9 Å². The fraction of sp³-hybridized carbons (Fsp3) is 0.429. The van der Waals surface area contributed by atoms with E-state index in [1.54, 1.807) is 4.90 Å². The highest BCUT2D eigenvalue weighted by atomic mass is 16.3. The van der Waals surface area contributed by atoms with E-state index in [0.29, 0.717) is 23.5 Å². The van der Waals surface area contributed by atoms with Crippen LogP contribution in [0, 0.1) is 11.8 Å². The Morgan fingerprint density at radius 3 is 2.17 bits per heavy atom. The Morgan fingerprint density at radius 1 is 0.900 bits per heavy atom. The van der Waals surface area contributed by atoms with Crippen LogP contribution in [0.3, 0.4) is 0 Å². The maximum atomic E-state index is 14.0. The zero-order valence-corrected chi connectivity index (χ0v) is 23.8. The van der Waals surface area contributed by atoms with E-state index in [1.165, 1.54) is 0 Å². The Morgan fingerprint density at radius 2 is 1.57 bits per heavy atom. The number of ketones is 1. The van der Waals surface area contributed by atoms with Gasteiger partial charge in [-0.2, -0.15) is 0 Å². The van der Waals surface area contributed by atoms with Gasteiger partial charge in [-0.25, -0.2) is 0 Å². The van der Waals surface area contributed by atoms with E-state index in [0.717, 1.165) is 73.7 Å². The zero-order valence-electron chi connectivity index (χ0n) is 23.8. The Bertz CT molecular complexity index is 1290. The topological polar surface area (TPSA) is 69.6 Å². The molecule has 1 amide bonds. The largest absolute Gasteiger partial charge is 0.388 e. The van der Waals surface area contributed by atoms with Crippen LogP contribution in [-0.2, 0) is 9.59 Å². The van der Waals surface area contributed by atoms with Crippen molar-refractivity contribution in [3.05, 3.63) is 83.9 Å². The van der Waals surface area contributed by atoms with Crippen LogP contribution in [0.15, 0.2) is 72.8 Å². The summed E-state index contributed by atoms with van der Waals surface area (Å²) in [6.45, 7) is 2.05. The van der Waals surface area contributed by atoms with Crippen LogP contribution < -0.4 is 10.2 Å². The summed E-state index contributed by atoms with van der Waals surface area (Å²) >= 11 is 0. The van der Waals surface area contributed by atoms with Crippen LogP contribution in [0.25, 0.3) is 11.1 Å². The molecule has 0 saturated heterocycles.